The normalized spacial score (nSPS) is 11.6. The smallest absolute Gasteiger partial charge is 0.0886 e. The zero-order chi connectivity index (χ0) is 7.82. The van der Waals surface area contributed by atoms with Crippen LogP contribution >= 0.6 is 12.0 Å². The molecule has 0 amide bonds. The summed E-state index contributed by atoms with van der Waals surface area (Å²) in [6.45, 7) is 5.91. The van der Waals surface area contributed by atoms with E-state index in [0.717, 1.165) is 6.42 Å². The van der Waals surface area contributed by atoms with E-state index in [0.29, 0.717) is 0 Å². The van der Waals surface area contributed by atoms with Gasteiger partial charge in [-0.1, -0.05) is 13.0 Å². The van der Waals surface area contributed by atoms with Crippen LogP contribution in [0.5, 0.6) is 0 Å². The van der Waals surface area contributed by atoms with Crippen LogP contribution in [0.3, 0.4) is 0 Å². The summed E-state index contributed by atoms with van der Waals surface area (Å²) in [6, 6.07) is 0. The highest BCUT2D eigenvalue weighted by molar-refractivity contribution is 7.97. The Morgan fingerprint density at radius 3 is 2.70 bits per heavy atom. The van der Waals surface area contributed by atoms with Gasteiger partial charge in [-0.25, -0.2) is 4.89 Å². The van der Waals surface area contributed by atoms with Crippen LogP contribution in [0.2, 0.25) is 0 Å². The second-order valence-electron chi connectivity index (χ2n) is 2.09. The molecule has 2 nitrogen and oxygen atoms in total. The van der Waals surface area contributed by atoms with Crippen molar-refractivity contribution in [2.45, 2.75) is 33.3 Å². The van der Waals surface area contributed by atoms with Crippen molar-refractivity contribution in [1.82, 2.24) is 0 Å². The fraction of sp³-hybridized carbons (Fsp3) is 0.714. The predicted molar refractivity (Wildman–Crippen MR) is 44.3 cm³/mol. The van der Waals surface area contributed by atoms with Crippen LogP contribution in [0.1, 0.15) is 27.2 Å². The van der Waals surface area contributed by atoms with Gasteiger partial charge in [-0.15, -0.1) is 0 Å². The maximum absolute atomic E-state index is 4.80. The van der Waals surface area contributed by atoms with Gasteiger partial charge in [0.2, 0.25) is 0 Å². The highest BCUT2D eigenvalue weighted by Gasteiger charge is 1.90. The van der Waals surface area contributed by atoms with E-state index in [1.54, 1.807) is 0 Å². The van der Waals surface area contributed by atoms with Crippen molar-refractivity contribution < 1.29 is 9.22 Å². The molecule has 0 aromatic rings. The second kappa shape index (κ2) is 7.12. The molecule has 0 aliphatic rings. The van der Waals surface area contributed by atoms with Crippen molar-refractivity contribution in [2.75, 3.05) is 0 Å². The van der Waals surface area contributed by atoms with Crippen molar-refractivity contribution in [3.63, 3.8) is 0 Å². The Hall–Kier alpha value is 0.01000. The molecular formula is C7H14O2S. The van der Waals surface area contributed by atoms with Crippen LogP contribution in [0.4, 0.5) is 0 Å². The first kappa shape index (κ1) is 10.0. The monoisotopic (exact) mass is 162 g/mol. The number of hydrogen-bond donors (Lipinski definition) is 0. The van der Waals surface area contributed by atoms with Gasteiger partial charge >= 0.3 is 0 Å². The third-order valence-corrected chi connectivity index (χ3v) is 1.12. The molecule has 0 atom stereocenters. The van der Waals surface area contributed by atoms with Gasteiger partial charge in [0.25, 0.3) is 0 Å². The van der Waals surface area contributed by atoms with Crippen molar-refractivity contribution >= 4 is 12.0 Å². The average Bonchev–Trinajstić information content (AvgIpc) is 1.87. The van der Waals surface area contributed by atoms with E-state index in [-0.39, 0.29) is 6.10 Å². The van der Waals surface area contributed by atoms with Crippen LogP contribution in [0, 0.1) is 0 Å². The van der Waals surface area contributed by atoms with E-state index in [9.17, 15) is 0 Å². The Morgan fingerprint density at radius 1 is 1.50 bits per heavy atom. The van der Waals surface area contributed by atoms with Crippen LogP contribution < -0.4 is 0 Å². The topological polar surface area (TPSA) is 18.5 Å². The fourth-order valence-corrected chi connectivity index (χ4v) is 0.778. The lowest BCUT2D eigenvalue weighted by Gasteiger charge is -2.01. The van der Waals surface area contributed by atoms with Gasteiger partial charge in [-0.3, -0.25) is 0 Å². The van der Waals surface area contributed by atoms with Gasteiger partial charge < -0.3 is 0 Å². The second-order valence-corrected chi connectivity index (χ2v) is 2.69. The van der Waals surface area contributed by atoms with Crippen LogP contribution in [0.15, 0.2) is 11.5 Å². The lowest BCUT2D eigenvalue weighted by Crippen LogP contribution is -1.98. The lowest BCUT2D eigenvalue weighted by atomic mass is 10.5. The summed E-state index contributed by atoms with van der Waals surface area (Å²) in [7, 11) is 0. The molecule has 0 bridgehead atoms. The van der Waals surface area contributed by atoms with Crippen LogP contribution in [-0.4, -0.2) is 6.10 Å². The van der Waals surface area contributed by atoms with Crippen molar-refractivity contribution in [1.29, 1.82) is 0 Å². The standard InChI is InChI=1S/C7H14O2S/c1-4-5-6-10-9-8-7(2)3/h5-7H,4H2,1-3H3. The van der Waals surface area contributed by atoms with Gasteiger partial charge in [0, 0.05) is 0 Å². The SMILES string of the molecule is CCC=CSOOC(C)C. The molecule has 0 aromatic carbocycles. The molecule has 0 rings (SSSR count). The summed E-state index contributed by atoms with van der Waals surface area (Å²) in [5, 5.41) is 1.86. The minimum absolute atomic E-state index is 0.127. The molecule has 0 aromatic heterocycles. The molecule has 0 N–H and O–H groups in total. The van der Waals surface area contributed by atoms with E-state index in [1.165, 1.54) is 12.0 Å². The molecule has 0 fully saturated rings. The molecule has 0 unspecified atom stereocenters. The van der Waals surface area contributed by atoms with Crippen LogP contribution in [-0.2, 0) is 9.22 Å². The van der Waals surface area contributed by atoms with Gasteiger partial charge in [0.1, 0.15) is 0 Å². The summed E-state index contributed by atoms with van der Waals surface area (Å²) in [5.74, 6) is 0. The highest BCUT2D eigenvalue weighted by atomic mass is 32.2. The quantitative estimate of drug-likeness (QED) is 0.268. The summed E-state index contributed by atoms with van der Waals surface area (Å²) in [5.41, 5.74) is 0. The van der Waals surface area contributed by atoms with E-state index in [2.05, 4.69) is 6.92 Å². The Kier molecular flexibility index (Phi) is 7.13. The first-order valence-electron chi connectivity index (χ1n) is 3.41. The maximum Gasteiger partial charge on any atom is 0.0886 e. The van der Waals surface area contributed by atoms with Gasteiger partial charge in [-0.2, -0.15) is 4.33 Å². The molecule has 0 saturated heterocycles. The van der Waals surface area contributed by atoms with Gasteiger partial charge in [0.05, 0.1) is 18.1 Å². The minimum atomic E-state index is 0.127. The van der Waals surface area contributed by atoms with Gasteiger partial charge in [-0.05, 0) is 25.7 Å². The van der Waals surface area contributed by atoms with Crippen molar-refractivity contribution in [3.8, 4) is 0 Å². The Balaban J connectivity index is 2.97. The summed E-state index contributed by atoms with van der Waals surface area (Å²) in [6.07, 6.45) is 3.16. The zero-order valence-electron chi connectivity index (χ0n) is 6.66. The number of allylic oxidation sites excluding steroid dienone is 1. The van der Waals surface area contributed by atoms with E-state index in [4.69, 9.17) is 9.22 Å². The zero-order valence-corrected chi connectivity index (χ0v) is 7.48. The fourth-order valence-electron chi connectivity index (χ4n) is 0.259. The molecule has 10 heavy (non-hydrogen) atoms. The highest BCUT2D eigenvalue weighted by Crippen LogP contribution is 2.06. The summed E-state index contributed by atoms with van der Waals surface area (Å²) in [4.78, 5) is 4.80. The number of hydrogen-bond acceptors (Lipinski definition) is 3. The van der Waals surface area contributed by atoms with E-state index < -0.39 is 0 Å². The summed E-state index contributed by atoms with van der Waals surface area (Å²) < 4.78 is 4.73. The average molecular weight is 162 g/mol. The Bertz CT molecular complexity index is 91.6. The lowest BCUT2D eigenvalue weighted by molar-refractivity contribution is -0.219. The first-order valence-corrected chi connectivity index (χ1v) is 4.21. The third kappa shape index (κ3) is 8.01. The largest absolute Gasteiger partial charge is 0.221 e. The molecule has 0 aliphatic heterocycles. The van der Waals surface area contributed by atoms with Gasteiger partial charge in [0.15, 0.2) is 0 Å². The Labute approximate surface area is 66.7 Å². The van der Waals surface area contributed by atoms with Crippen molar-refractivity contribution in [3.05, 3.63) is 11.5 Å². The van der Waals surface area contributed by atoms with E-state index >= 15 is 0 Å². The van der Waals surface area contributed by atoms with Crippen molar-refractivity contribution in [2.24, 2.45) is 0 Å². The summed E-state index contributed by atoms with van der Waals surface area (Å²) >= 11 is 1.20. The molecule has 0 heterocycles. The molecule has 0 spiro atoms. The minimum Gasteiger partial charge on any atom is -0.221 e. The van der Waals surface area contributed by atoms with Crippen LogP contribution in [0.25, 0.3) is 0 Å². The first-order chi connectivity index (χ1) is 4.77. The molecular weight excluding hydrogens is 148 g/mol. The maximum atomic E-state index is 4.80. The Morgan fingerprint density at radius 2 is 2.20 bits per heavy atom. The third-order valence-electron chi connectivity index (χ3n) is 0.659. The predicted octanol–water partition coefficient (Wildman–Crippen LogP) is 2.91. The molecule has 0 aliphatic carbocycles. The van der Waals surface area contributed by atoms with E-state index in [1.807, 2.05) is 25.3 Å². The molecule has 60 valence electrons. The molecule has 3 heteroatoms. The molecule has 0 saturated carbocycles. The number of rotatable bonds is 5. The molecule has 0 radical (unpaired) electrons.